The number of hydrogen-bond acceptors (Lipinski definition) is 4. The fraction of sp³-hybridized carbons (Fsp3) is 0.417. The van der Waals surface area contributed by atoms with Gasteiger partial charge in [-0.15, -0.1) is 0 Å². The molecule has 0 radical (unpaired) electrons. The summed E-state index contributed by atoms with van der Waals surface area (Å²) < 4.78 is 0. The van der Waals surface area contributed by atoms with Crippen LogP contribution in [0.15, 0.2) is 53.5 Å². The third-order valence-electron chi connectivity index (χ3n) is 5.43. The van der Waals surface area contributed by atoms with Crippen LogP contribution in [0.2, 0.25) is 0 Å². The van der Waals surface area contributed by atoms with Crippen LogP contribution in [0.1, 0.15) is 66.6 Å². The van der Waals surface area contributed by atoms with Crippen LogP contribution in [0, 0.1) is 0 Å². The Morgan fingerprint density at radius 3 is 2.64 bits per heavy atom. The third kappa shape index (κ3) is 5.26. The highest BCUT2D eigenvalue weighted by atomic mass is 32.2. The molecule has 1 aliphatic rings. The lowest BCUT2D eigenvalue weighted by Crippen LogP contribution is -2.28. The van der Waals surface area contributed by atoms with Crippen molar-refractivity contribution in [1.29, 1.82) is 0 Å². The van der Waals surface area contributed by atoms with Crippen molar-refractivity contribution < 1.29 is 4.79 Å². The molecule has 4 heteroatoms. The molecule has 148 valence electrons. The van der Waals surface area contributed by atoms with E-state index in [1.807, 2.05) is 12.1 Å². The summed E-state index contributed by atoms with van der Waals surface area (Å²) in [6.45, 7) is 4.33. The predicted molar refractivity (Wildman–Crippen MR) is 120 cm³/mol. The number of ketones is 1. The van der Waals surface area contributed by atoms with Crippen LogP contribution in [0.3, 0.4) is 0 Å². The summed E-state index contributed by atoms with van der Waals surface area (Å²) in [6, 6.07) is 16.7. The smallest absolute Gasteiger partial charge is 0.162 e. The summed E-state index contributed by atoms with van der Waals surface area (Å²) >= 11 is 1.63. The van der Waals surface area contributed by atoms with Crippen molar-refractivity contribution in [2.24, 2.45) is 10.7 Å². The van der Waals surface area contributed by atoms with Gasteiger partial charge >= 0.3 is 0 Å². The minimum atomic E-state index is -0.235. The van der Waals surface area contributed by atoms with E-state index in [0.29, 0.717) is 11.6 Å². The normalized spacial score (nSPS) is 19.3. The second-order valence-corrected chi connectivity index (χ2v) is 8.86. The summed E-state index contributed by atoms with van der Waals surface area (Å²) in [5.74, 6) is 1.23. The molecule has 2 aromatic rings. The highest BCUT2D eigenvalue weighted by Crippen LogP contribution is 2.35. The van der Waals surface area contributed by atoms with E-state index in [9.17, 15) is 4.79 Å². The van der Waals surface area contributed by atoms with Gasteiger partial charge in [-0.05, 0) is 49.3 Å². The van der Waals surface area contributed by atoms with E-state index >= 15 is 0 Å². The maximum atomic E-state index is 12.5. The van der Waals surface area contributed by atoms with Crippen LogP contribution < -0.4 is 5.73 Å². The molecule has 3 nitrogen and oxygen atoms in total. The molecule has 28 heavy (non-hydrogen) atoms. The van der Waals surface area contributed by atoms with Crippen molar-refractivity contribution in [3.63, 3.8) is 0 Å². The van der Waals surface area contributed by atoms with Gasteiger partial charge in [0.05, 0.1) is 5.54 Å². The molecule has 3 rings (SSSR count). The first-order chi connectivity index (χ1) is 13.5. The van der Waals surface area contributed by atoms with Gasteiger partial charge in [-0.3, -0.25) is 9.79 Å². The zero-order valence-corrected chi connectivity index (χ0v) is 17.7. The second-order valence-electron chi connectivity index (χ2n) is 7.75. The zero-order valence-electron chi connectivity index (χ0n) is 16.9. The van der Waals surface area contributed by atoms with Crippen LogP contribution >= 0.6 is 11.8 Å². The Kier molecular flexibility index (Phi) is 6.95. The quantitative estimate of drug-likeness (QED) is 0.601. The lowest BCUT2D eigenvalue weighted by atomic mass is 9.88. The minimum absolute atomic E-state index is 0.229. The predicted octanol–water partition coefficient (Wildman–Crippen LogP) is 5.51. The Bertz CT molecular complexity index is 844. The summed E-state index contributed by atoms with van der Waals surface area (Å²) in [4.78, 5) is 17.2. The number of hydrogen-bond donors (Lipinski definition) is 1. The fourth-order valence-corrected chi connectivity index (χ4v) is 4.67. The highest BCUT2D eigenvalue weighted by Gasteiger charge is 2.29. The summed E-state index contributed by atoms with van der Waals surface area (Å²) in [5, 5.41) is 0.676. The molecule has 0 saturated carbocycles. The molecule has 2 N–H and O–H groups in total. The first-order valence-electron chi connectivity index (χ1n) is 10.2. The van der Waals surface area contributed by atoms with Gasteiger partial charge < -0.3 is 5.73 Å². The molecule has 0 aliphatic carbocycles. The van der Waals surface area contributed by atoms with Gasteiger partial charge in [-0.1, -0.05) is 73.6 Å². The Morgan fingerprint density at radius 1 is 1.14 bits per heavy atom. The maximum Gasteiger partial charge on any atom is 0.162 e. The van der Waals surface area contributed by atoms with Crippen molar-refractivity contribution >= 4 is 22.7 Å². The zero-order chi connectivity index (χ0) is 20.0. The second kappa shape index (κ2) is 9.42. The molecule has 0 spiro atoms. The molecular weight excluding hydrogens is 364 g/mol. The number of aryl methyl sites for hydroxylation is 2. The SMILES string of the molecule is CCCc1ccc(C(=O)CCCc2cccc(C3(C)CCSC(N)=N3)c2)cc1. The van der Waals surface area contributed by atoms with Crippen molar-refractivity contribution in [3.05, 3.63) is 70.8 Å². The average molecular weight is 395 g/mol. The van der Waals surface area contributed by atoms with Gasteiger partial charge in [0.15, 0.2) is 11.0 Å². The summed E-state index contributed by atoms with van der Waals surface area (Å²) in [5.41, 5.74) is 10.3. The number of amidine groups is 1. The molecule has 0 fully saturated rings. The number of carbonyl (C=O) groups is 1. The molecule has 0 aromatic heterocycles. The number of carbonyl (C=O) groups excluding carboxylic acids is 1. The first kappa shape index (κ1) is 20.7. The van der Waals surface area contributed by atoms with Crippen LogP contribution in [-0.2, 0) is 18.4 Å². The number of benzene rings is 2. The van der Waals surface area contributed by atoms with E-state index in [1.54, 1.807) is 11.8 Å². The lowest BCUT2D eigenvalue weighted by Gasteiger charge is -2.30. The van der Waals surface area contributed by atoms with Crippen molar-refractivity contribution in [2.75, 3.05) is 5.75 Å². The Labute approximate surface area is 172 Å². The standard InChI is InChI=1S/C24H30N2OS/c1-3-6-18-11-13-20(14-12-18)22(27)10-5-8-19-7-4-9-21(17-19)24(2)15-16-28-23(25)26-24/h4,7,9,11-14,17H,3,5-6,8,10,15-16H2,1-2H3,(H2,25,26). The molecule has 2 aromatic carbocycles. The molecule has 0 bridgehead atoms. The van der Waals surface area contributed by atoms with Crippen LogP contribution in [0.5, 0.6) is 0 Å². The van der Waals surface area contributed by atoms with Crippen LogP contribution in [-0.4, -0.2) is 16.7 Å². The highest BCUT2D eigenvalue weighted by molar-refractivity contribution is 8.13. The number of rotatable bonds is 8. The third-order valence-corrected chi connectivity index (χ3v) is 6.22. The maximum absolute atomic E-state index is 12.5. The van der Waals surface area contributed by atoms with Crippen molar-refractivity contribution in [3.8, 4) is 0 Å². The van der Waals surface area contributed by atoms with Gasteiger partial charge in [0.25, 0.3) is 0 Å². The Balaban J connectivity index is 1.58. The minimum Gasteiger partial charge on any atom is -0.379 e. The van der Waals surface area contributed by atoms with Crippen molar-refractivity contribution in [1.82, 2.24) is 0 Å². The van der Waals surface area contributed by atoms with Crippen LogP contribution in [0.4, 0.5) is 0 Å². The Hall–Kier alpha value is -2.07. The van der Waals surface area contributed by atoms with Gasteiger partial charge in [0.1, 0.15) is 0 Å². The van der Waals surface area contributed by atoms with Gasteiger partial charge in [-0.2, -0.15) is 0 Å². The lowest BCUT2D eigenvalue weighted by molar-refractivity contribution is 0.0980. The average Bonchev–Trinajstić information content (AvgIpc) is 2.69. The van der Waals surface area contributed by atoms with Crippen LogP contribution in [0.25, 0.3) is 0 Å². The summed E-state index contributed by atoms with van der Waals surface area (Å²) in [7, 11) is 0. The van der Waals surface area contributed by atoms with E-state index < -0.39 is 0 Å². The molecule has 1 heterocycles. The topological polar surface area (TPSA) is 55.5 Å². The molecular formula is C24H30N2OS. The van der Waals surface area contributed by atoms with E-state index in [1.165, 1.54) is 16.7 Å². The number of Topliss-reactive ketones (excluding diaryl/α,β-unsaturated/α-hetero) is 1. The molecule has 1 aliphatic heterocycles. The number of thioether (sulfide) groups is 1. The van der Waals surface area contributed by atoms with Gasteiger partial charge in [-0.25, -0.2) is 0 Å². The number of nitrogens with two attached hydrogens (primary N) is 1. The van der Waals surface area contributed by atoms with E-state index in [4.69, 9.17) is 10.7 Å². The van der Waals surface area contributed by atoms with E-state index in [0.717, 1.165) is 43.4 Å². The number of aliphatic imine (C=N–C) groups is 1. The molecule has 0 saturated heterocycles. The van der Waals surface area contributed by atoms with E-state index in [2.05, 4.69) is 50.2 Å². The number of nitrogens with zero attached hydrogens (tertiary/aromatic N) is 1. The fourth-order valence-electron chi connectivity index (χ4n) is 3.70. The first-order valence-corrected chi connectivity index (χ1v) is 11.2. The van der Waals surface area contributed by atoms with E-state index in [-0.39, 0.29) is 11.3 Å². The molecule has 1 unspecified atom stereocenters. The van der Waals surface area contributed by atoms with Gasteiger partial charge in [0.2, 0.25) is 0 Å². The summed E-state index contributed by atoms with van der Waals surface area (Å²) in [6.07, 6.45) is 5.53. The van der Waals surface area contributed by atoms with Gasteiger partial charge in [0, 0.05) is 17.7 Å². The molecule has 0 amide bonds. The Morgan fingerprint density at radius 2 is 1.93 bits per heavy atom. The molecule has 1 atom stereocenters. The van der Waals surface area contributed by atoms with Crippen molar-refractivity contribution in [2.45, 2.75) is 57.9 Å². The monoisotopic (exact) mass is 394 g/mol. The largest absolute Gasteiger partial charge is 0.379 e.